The first-order valence-electron chi connectivity index (χ1n) is 7.32. The van der Waals surface area contributed by atoms with Gasteiger partial charge in [-0.15, -0.1) is 10.2 Å². The van der Waals surface area contributed by atoms with Gasteiger partial charge < -0.3 is 4.57 Å². The Morgan fingerprint density at radius 1 is 1.12 bits per heavy atom. The van der Waals surface area contributed by atoms with Gasteiger partial charge in [-0.25, -0.2) is 0 Å². The van der Waals surface area contributed by atoms with Crippen LogP contribution in [0.15, 0.2) is 58.4 Å². The van der Waals surface area contributed by atoms with Crippen molar-refractivity contribution in [2.45, 2.75) is 17.3 Å². The minimum Gasteiger partial charge on any atom is -0.305 e. The third-order valence-corrected chi connectivity index (χ3v) is 5.22. The molecule has 0 saturated carbocycles. The molecule has 3 rings (SSSR count). The molecule has 2 aromatic heterocycles. The summed E-state index contributed by atoms with van der Waals surface area (Å²) in [6.07, 6.45) is 3.44. The molecule has 1 unspecified atom stereocenters. The van der Waals surface area contributed by atoms with E-state index in [1.807, 2.05) is 54.9 Å². The van der Waals surface area contributed by atoms with Crippen LogP contribution in [0.25, 0.3) is 11.4 Å². The molecule has 1 aromatic carbocycles. The van der Waals surface area contributed by atoms with E-state index in [-0.39, 0.29) is 11.0 Å². The van der Waals surface area contributed by atoms with E-state index in [0.717, 1.165) is 15.9 Å². The first-order chi connectivity index (χ1) is 11.6. The third-order valence-electron chi connectivity index (χ3n) is 3.55. The van der Waals surface area contributed by atoms with Crippen LogP contribution in [0.3, 0.4) is 0 Å². The van der Waals surface area contributed by atoms with Crippen molar-refractivity contribution in [1.82, 2.24) is 19.7 Å². The largest absolute Gasteiger partial charge is 0.305 e. The number of aromatic nitrogens is 4. The smallest absolute Gasteiger partial charge is 0.191 e. The highest BCUT2D eigenvalue weighted by Crippen LogP contribution is 2.27. The summed E-state index contributed by atoms with van der Waals surface area (Å²) in [6.45, 7) is 1.88. The number of halogens is 1. The van der Waals surface area contributed by atoms with Gasteiger partial charge in [-0.1, -0.05) is 39.8 Å². The zero-order valence-corrected chi connectivity index (χ0v) is 15.6. The highest BCUT2D eigenvalue weighted by Gasteiger charge is 2.20. The van der Waals surface area contributed by atoms with Crippen molar-refractivity contribution in [3.05, 3.63) is 58.8 Å². The van der Waals surface area contributed by atoms with Crippen LogP contribution >= 0.6 is 27.7 Å². The van der Waals surface area contributed by atoms with Gasteiger partial charge in [0.15, 0.2) is 16.8 Å². The maximum absolute atomic E-state index is 12.5. The number of Topliss-reactive ketones (excluding diaryl/α,β-unsaturated/α-hetero) is 1. The summed E-state index contributed by atoms with van der Waals surface area (Å²) in [5.74, 6) is 0.823. The average Bonchev–Trinajstić information content (AvgIpc) is 2.96. The zero-order chi connectivity index (χ0) is 17.1. The molecule has 0 radical (unpaired) electrons. The molecule has 0 aliphatic heterocycles. The molecule has 0 saturated heterocycles. The van der Waals surface area contributed by atoms with Crippen molar-refractivity contribution in [2.75, 3.05) is 0 Å². The van der Waals surface area contributed by atoms with Crippen LogP contribution in [0.4, 0.5) is 0 Å². The second kappa shape index (κ2) is 7.27. The average molecular weight is 403 g/mol. The van der Waals surface area contributed by atoms with Crippen LogP contribution < -0.4 is 0 Å². The molecule has 0 bridgehead atoms. The molecule has 0 N–H and O–H groups in total. The standard InChI is InChI=1S/C17H15BrN4OS/c1-11(15(23)12-3-5-14(18)6-4-12)24-17-21-20-16(22(17)2)13-7-9-19-10-8-13/h3-11H,1-2H3. The Balaban J connectivity index is 1.78. The van der Waals surface area contributed by atoms with Gasteiger partial charge >= 0.3 is 0 Å². The van der Waals surface area contributed by atoms with Crippen LogP contribution in [0.1, 0.15) is 17.3 Å². The Labute approximate surface area is 152 Å². The van der Waals surface area contributed by atoms with Crippen LogP contribution in [0.5, 0.6) is 0 Å². The lowest BCUT2D eigenvalue weighted by atomic mass is 10.1. The van der Waals surface area contributed by atoms with Gasteiger partial charge in [-0.3, -0.25) is 9.78 Å². The van der Waals surface area contributed by atoms with E-state index in [2.05, 4.69) is 31.1 Å². The van der Waals surface area contributed by atoms with E-state index in [9.17, 15) is 4.79 Å². The summed E-state index contributed by atoms with van der Waals surface area (Å²) in [6, 6.07) is 11.2. The minimum absolute atomic E-state index is 0.0703. The number of rotatable bonds is 5. The molecule has 122 valence electrons. The number of benzene rings is 1. The van der Waals surface area contributed by atoms with Gasteiger partial charge in [0.25, 0.3) is 0 Å². The van der Waals surface area contributed by atoms with Crippen LogP contribution in [0.2, 0.25) is 0 Å². The maximum Gasteiger partial charge on any atom is 0.191 e. The fourth-order valence-electron chi connectivity index (χ4n) is 2.23. The molecule has 2 heterocycles. The zero-order valence-electron chi connectivity index (χ0n) is 13.2. The molecule has 5 nitrogen and oxygen atoms in total. The Morgan fingerprint density at radius 3 is 2.46 bits per heavy atom. The highest BCUT2D eigenvalue weighted by atomic mass is 79.9. The molecule has 7 heteroatoms. The Kier molecular flexibility index (Phi) is 5.11. The van der Waals surface area contributed by atoms with E-state index in [0.29, 0.717) is 10.7 Å². The maximum atomic E-state index is 12.5. The van der Waals surface area contributed by atoms with Crippen LogP contribution in [0, 0.1) is 0 Å². The van der Waals surface area contributed by atoms with Crippen LogP contribution in [-0.2, 0) is 7.05 Å². The van der Waals surface area contributed by atoms with Crippen molar-refractivity contribution < 1.29 is 4.79 Å². The predicted octanol–water partition coefficient (Wildman–Crippen LogP) is 4.00. The van der Waals surface area contributed by atoms with Gasteiger partial charge in [0.1, 0.15) is 0 Å². The van der Waals surface area contributed by atoms with Gasteiger partial charge in [-0.2, -0.15) is 0 Å². The molecule has 0 aliphatic rings. The molecule has 1 atom stereocenters. The fourth-order valence-corrected chi connectivity index (χ4v) is 3.39. The summed E-state index contributed by atoms with van der Waals surface area (Å²) in [5, 5.41) is 8.91. The molecule has 0 amide bonds. The number of thioether (sulfide) groups is 1. The lowest BCUT2D eigenvalue weighted by molar-refractivity contribution is 0.0994. The van der Waals surface area contributed by atoms with Crippen molar-refractivity contribution >= 4 is 33.5 Å². The van der Waals surface area contributed by atoms with Gasteiger partial charge in [0.05, 0.1) is 5.25 Å². The normalized spacial score (nSPS) is 12.1. The van der Waals surface area contributed by atoms with Gasteiger partial charge in [0.2, 0.25) is 0 Å². The van der Waals surface area contributed by atoms with E-state index >= 15 is 0 Å². The Hall–Kier alpha value is -1.99. The number of carbonyl (C=O) groups excluding carboxylic acids is 1. The lowest BCUT2D eigenvalue weighted by Gasteiger charge is -2.10. The number of carbonyl (C=O) groups is 1. The Bertz CT molecular complexity index is 849. The summed E-state index contributed by atoms with van der Waals surface area (Å²) < 4.78 is 2.85. The second-order valence-electron chi connectivity index (χ2n) is 5.23. The first kappa shape index (κ1) is 16.9. The summed E-state index contributed by atoms with van der Waals surface area (Å²) >= 11 is 4.78. The highest BCUT2D eigenvalue weighted by molar-refractivity contribution is 9.10. The van der Waals surface area contributed by atoms with E-state index in [4.69, 9.17) is 0 Å². The van der Waals surface area contributed by atoms with Crippen molar-refractivity contribution in [1.29, 1.82) is 0 Å². The fraction of sp³-hybridized carbons (Fsp3) is 0.176. The van der Waals surface area contributed by atoms with Gasteiger partial charge in [0, 0.05) is 35.0 Å². The molecule has 0 fully saturated rings. The summed E-state index contributed by atoms with van der Waals surface area (Å²) in [4.78, 5) is 16.6. The number of hydrogen-bond acceptors (Lipinski definition) is 5. The number of hydrogen-bond donors (Lipinski definition) is 0. The quantitative estimate of drug-likeness (QED) is 0.476. The SMILES string of the molecule is CC(Sc1nnc(-c2ccncc2)n1C)C(=O)c1ccc(Br)cc1. The van der Waals surface area contributed by atoms with Crippen molar-refractivity contribution in [3.63, 3.8) is 0 Å². The number of nitrogens with zero attached hydrogens (tertiary/aromatic N) is 4. The summed E-state index contributed by atoms with van der Waals surface area (Å²) in [5.41, 5.74) is 1.63. The van der Waals surface area contributed by atoms with E-state index in [1.165, 1.54) is 11.8 Å². The van der Waals surface area contributed by atoms with E-state index < -0.39 is 0 Å². The third kappa shape index (κ3) is 3.57. The monoisotopic (exact) mass is 402 g/mol. The minimum atomic E-state index is -0.251. The van der Waals surface area contributed by atoms with Crippen molar-refractivity contribution in [2.24, 2.45) is 7.05 Å². The van der Waals surface area contributed by atoms with E-state index in [1.54, 1.807) is 12.4 Å². The predicted molar refractivity (Wildman–Crippen MR) is 98.0 cm³/mol. The molecule has 0 spiro atoms. The topological polar surface area (TPSA) is 60.7 Å². The molecule has 24 heavy (non-hydrogen) atoms. The summed E-state index contributed by atoms with van der Waals surface area (Å²) in [7, 11) is 1.90. The molecular weight excluding hydrogens is 388 g/mol. The van der Waals surface area contributed by atoms with Crippen molar-refractivity contribution in [3.8, 4) is 11.4 Å². The Morgan fingerprint density at radius 2 is 1.79 bits per heavy atom. The lowest BCUT2D eigenvalue weighted by Crippen LogP contribution is -2.14. The number of ketones is 1. The van der Waals surface area contributed by atoms with Gasteiger partial charge in [-0.05, 0) is 31.2 Å². The first-order valence-corrected chi connectivity index (χ1v) is 9.00. The molecular formula is C17H15BrN4OS. The van der Waals surface area contributed by atoms with Crippen LogP contribution in [-0.4, -0.2) is 30.8 Å². The molecule has 3 aromatic rings. The molecule has 0 aliphatic carbocycles. The second-order valence-corrected chi connectivity index (χ2v) is 7.46. The number of pyridine rings is 1.